The first-order valence-corrected chi connectivity index (χ1v) is 8.61. The Morgan fingerprint density at radius 1 is 1.12 bits per heavy atom. The zero-order chi connectivity index (χ0) is 17.2. The molecule has 0 bridgehead atoms. The average molecular weight is 352 g/mol. The maximum Gasteiger partial charge on any atom is 0.249 e. The van der Waals surface area contributed by atoms with Crippen LogP contribution in [0.4, 0.5) is 17.5 Å². The van der Waals surface area contributed by atoms with E-state index in [9.17, 15) is 0 Å². The second kappa shape index (κ2) is 6.69. The normalized spacial score (nSPS) is 13.4. The number of halogens is 1. The second-order valence-corrected chi connectivity index (χ2v) is 6.60. The molecule has 5 nitrogen and oxygen atoms in total. The summed E-state index contributed by atoms with van der Waals surface area (Å²) in [6, 6.07) is 14.2. The summed E-state index contributed by atoms with van der Waals surface area (Å²) >= 11 is 6.01. The minimum Gasteiger partial charge on any atom is -0.350 e. The van der Waals surface area contributed by atoms with Crippen molar-refractivity contribution in [2.75, 3.05) is 16.8 Å². The van der Waals surface area contributed by atoms with Crippen LogP contribution in [-0.4, -0.2) is 21.7 Å². The van der Waals surface area contributed by atoms with Gasteiger partial charge in [-0.05, 0) is 48.2 Å². The van der Waals surface area contributed by atoms with Crippen LogP contribution in [0, 0.1) is 6.92 Å². The van der Waals surface area contributed by atoms with E-state index in [2.05, 4.69) is 49.7 Å². The quantitative estimate of drug-likeness (QED) is 0.768. The third-order valence-corrected chi connectivity index (χ3v) is 4.67. The van der Waals surface area contributed by atoms with Crippen LogP contribution in [0.1, 0.15) is 16.7 Å². The summed E-state index contributed by atoms with van der Waals surface area (Å²) in [6.45, 7) is 3.76. The SMILES string of the molecule is Cc1cc(Cl)ccc1Nc1nncc(N2CCc3ccccc3C2)n1. The van der Waals surface area contributed by atoms with Crippen LogP contribution >= 0.6 is 11.6 Å². The number of nitrogens with zero attached hydrogens (tertiary/aromatic N) is 4. The van der Waals surface area contributed by atoms with Gasteiger partial charge in [-0.1, -0.05) is 35.9 Å². The molecule has 1 aromatic heterocycles. The van der Waals surface area contributed by atoms with Gasteiger partial charge in [0.05, 0.1) is 6.20 Å². The standard InChI is InChI=1S/C19H18ClN5/c1-13-10-16(20)6-7-17(13)22-19-23-18(11-21-24-19)25-9-8-14-4-2-3-5-15(14)12-25/h2-7,10-11H,8-9,12H2,1H3,(H,22,23,24). The summed E-state index contributed by atoms with van der Waals surface area (Å²) in [4.78, 5) is 6.87. The molecule has 2 heterocycles. The average Bonchev–Trinajstić information content (AvgIpc) is 2.64. The van der Waals surface area contributed by atoms with Gasteiger partial charge in [-0.3, -0.25) is 0 Å². The number of aromatic nitrogens is 3. The van der Waals surface area contributed by atoms with Gasteiger partial charge in [0, 0.05) is 23.8 Å². The monoisotopic (exact) mass is 351 g/mol. The van der Waals surface area contributed by atoms with Crippen molar-refractivity contribution in [2.45, 2.75) is 19.9 Å². The first kappa shape index (κ1) is 15.8. The minimum absolute atomic E-state index is 0.488. The molecule has 2 aromatic carbocycles. The number of rotatable bonds is 3. The first-order chi connectivity index (χ1) is 12.2. The number of hydrogen-bond acceptors (Lipinski definition) is 5. The van der Waals surface area contributed by atoms with E-state index < -0.39 is 0 Å². The fraction of sp³-hybridized carbons (Fsp3) is 0.211. The molecule has 0 aliphatic carbocycles. The van der Waals surface area contributed by atoms with Crippen molar-refractivity contribution in [1.29, 1.82) is 0 Å². The summed E-state index contributed by atoms with van der Waals surface area (Å²) in [7, 11) is 0. The van der Waals surface area contributed by atoms with Crippen molar-refractivity contribution in [1.82, 2.24) is 15.2 Å². The summed E-state index contributed by atoms with van der Waals surface area (Å²) in [5, 5.41) is 12.2. The molecule has 6 heteroatoms. The van der Waals surface area contributed by atoms with Gasteiger partial charge in [0.15, 0.2) is 5.82 Å². The highest BCUT2D eigenvalue weighted by Crippen LogP contribution is 2.25. The molecule has 0 amide bonds. The zero-order valence-electron chi connectivity index (χ0n) is 13.9. The van der Waals surface area contributed by atoms with E-state index in [1.165, 1.54) is 11.1 Å². The Bertz CT molecular complexity index is 912. The van der Waals surface area contributed by atoms with E-state index in [0.29, 0.717) is 11.0 Å². The maximum atomic E-state index is 6.01. The second-order valence-electron chi connectivity index (χ2n) is 6.16. The highest BCUT2D eigenvalue weighted by atomic mass is 35.5. The predicted octanol–water partition coefficient (Wildman–Crippen LogP) is 4.14. The molecule has 1 N–H and O–H groups in total. The van der Waals surface area contributed by atoms with E-state index in [4.69, 9.17) is 11.6 Å². The lowest BCUT2D eigenvalue weighted by Gasteiger charge is -2.29. The Morgan fingerprint density at radius 2 is 1.96 bits per heavy atom. The summed E-state index contributed by atoms with van der Waals surface area (Å²) in [6.07, 6.45) is 2.73. The lowest BCUT2D eigenvalue weighted by atomic mass is 10.0. The van der Waals surface area contributed by atoms with Gasteiger partial charge in [-0.25, -0.2) is 0 Å². The van der Waals surface area contributed by atoms with E-state index in [0.717, 1.165) is 36.6 Å². The molecule has 1 aliphatic heterocycles. The van der Waals surface area contributed by atoms with Gasteiger partial charge in [0.25, 0.3) is 0 Å². The summed E-state index contributed by atoms with van der Waals surface area (Å²) in [5.74, 6) is 1.32. The van der Waals surface area contributed by atoms with Crippen LogP contribution in [0.5, 0.6) is 0 Å². The Labute approximate surface area is 151 Å². The van der Waals surface area contributed by atoms with Crippen molar-refractivity contribution in [2.24, 2.45) is 0 Å². The lowest BCUT2D eigenvalue weighted by molar-refractivity contribution is 0.715. The highest BCUT2D eigenvalue weighted by molar-refractivity contribution is 6.30. The number of benzene rings is 2. The topological polar surface area (TPSA) is 53.9 Å². The molecule has 0 saturated carbocycles. The van der Waals surface area contributed by atoms with E-state index >= 15 is 0 Å². The Morgan fingerprint density at radius 3 is 2.80 bits per heavy atom. The summed E-state index contributed by atoms with van der Waals surface area (Å²) in [5.41, 5.74) is 4.71. The number of hydrogen-bond donors (Lipinski definition) is 1. The molecule has 3 aromatic rings. The smallest absolute Gasteiger partial charge is 0.249 e. The molecule has 0 unspecified atom stereocenters. The molecular weight excluding hydrogens is 334 g/mol. The number of aryl methyl sites for hydroxylation is 1. The molecule has 0 saturated heterocycles. The molecule has 25 heavy (non-hydrogen) atoms. The zero-order valence-corrected chi connectivity index (χ0v) is 14.7. The van der Waals surface area contributed by atoms with Gasteiger partial charge < -0.3 is 10.2 Å². The predicted molar refractivity (Wildman–Crippen MR) is 100 cm³/mol. The number of fused-ring (bicyclic) bond motifs is 1. The van der Waals surface area contributed by atoms with Crippen molar-refractivity contribution < 1.29 is 0 Å². The number of nitrogens with one attached hydrogen (secondary N) is 1. The van der Waals surface area contributed by atoms with Gasteiger partial charge in [0.2, 0.25) is 5.95 Å². The van der Waals surface area contributed by atoms with Crippen molar-refractivity contribution in [3.05, 3.63) is 70.4 Å². The Hall–Kier alpha value is -2.66. The van der Waals surface area contributed by atoms with Crippen molar-refractivity contribution in [3.8, 4) is 0 Å². The van der Waals surface area contributed by atoms with E-state index in [-0.39, 0.29) is 0 Å². The van der Waals surface area contributed by atoms with Crippen LogP contribution in [0.15, 0.2) is 48.7 Å². The molecule has 0 fully saturated rings. The molecule has 126 valence electrons. The molecule has 4 rings (SSSR count). The fourth-order valence-corrected chi connectivity index (χ4v) is 3.31. The highest BCUT2D eigenvalue weighted by Gasteiger charge is 2.18. The molecule has 0 atom stereocenters. The Kier molecular flexibility index (Phi) is 4.24. The molecule has 0 radical (unpaired) electrons. The minimum atomic E-state index is 0.488. The first-order valence-electron chi connectivity index (χ1n) is 8.24. The fourth-order valence-electron chi connectivity index (χ4n) is 3.08. The van der Waals surface area contributed by atoms with Crippen LogP contribution in [0.2, 0.25) is 5.02 Å². The largest absolute Gasteiger partial charge is 0.350 e. The van der Waals surface area contributed by atoms with Gasteiger partial charge in [-0.2, -0.15) is 10.1 Å². The third kappa shape index (κ3) is 3.42. The van der Waals surface area contributed by atoms with Crippen molar-refractivity contribution >= 4 is 29.1 Å². The maximum absolute atomic E-state index is 6.01. The third-order valence-electron chi connectivity index (χ3n) is 4.44. The van der Waals surface area contributed by atoms with Crippen LogP contribution in [-0.2, 0) is 13.0 Å². The molecule has 1 aliphatic rings. The number of anilines is 3. The van der Waals surface area contributed by atoms with Gasteiger partial charge >= 0.3 is 0 Å². The van der Waals surface area contributed by atoms with Gasteiger partial charge in [-0.15, -0.1) is 5.10 Å². The van der Waals surface area contributed by atoms with E-state index in [1.807, 2.05) is 25.1 Å². The van der Waals surface area contributed by atoms with Gasteiger partial charge in [0.1, 0.15) is 0 Å². The summed E-state index contributed by atoms with van der Waals surface area (Å²) < 4.78 is 0. The van der Waals surface area contributed by atoms with Crippen molar-refractivity contribution in [3.63, 3.8) is 0 Å². The lowest BCUT2D eigenvalue weighted by Crippen LogP contribution is -2.31. The van der Waals surface area contributed by atoms with Crippen LogP contribution in [0.3, 0.4) is 0 Å². The molecular formula is C19H18ClN5. The molecule has 0 spiro atoms. The Balaban J connectivity index is 1.56. The van der Waals surface area contributed by atoms with Crippen LogP contribution in [0.25, 0.3) is 0 Å². The van der Waals surface area contributed by atoms with Crippen LogP contribution < -0.4 is 10.2 Å². The van der Waals surface area contributed by atoms with E-state index in [1.54, 1.807) is 6.20 Å².